The summed E-state index contributed by atoms with van der Waals surface area (Å²) in [6, 6.07) is 16.0. The molecule has 0 fully saturated rings. The fourth-order valence-corrected chi connectivity index (χ4v) is 2.26. The third-order valence-electron chi connectivity index (χ3n) is 3.23. The highest BCUT2D eigenvalue weighted by Gasteiger charge is 2.37. The molecule has 2 N–H and O–H groups in total. The van der Waals surface area contributed by atoms with E-state index in [-0.39, 0.29) is 6.42 Å². The lowest BCUT2D eigenvalue weighted by atomic mass is 9.86. The number of aliphatic hydroxyl groups is 1. The van der Waals surface area contributed by atoms with Gasteiger partial charge in [-0.15, -0.1) is 0 Å². The highest BCUT2D eigenvalue weighted by Crippen LogP contribution is 2.26. The Hall–Kier alpha value is -1.84. The number of rotatable bonds is 4. The van der Waals surface area contributed by atoms with Gasteiger partial charge in [-0.1, -0.05) is 54.1 Å². The molecule has 0 spiro atoms. The maximum atomic E-state index is 12.1. The summed E-state index contributed by atoms with van der Waals surface area (Å²) in [5, 5.41) is 14.0. The molecule has 0 aliphatic heterocycles. The molecule has 2 aromatic rings. The van der Waals surface area contributed by atoms with Gasteiger partial charge in [-0.05, 0) is 23.3 Å². The zero-order valence-corrected chi connectivity index (χ0v) is 11.9. The minimum atomic E-state index is -1.59. The van der Waals surface area contributed by atoms with Gasteiger partial charge < -0.3 is 10.4 Å². The topological polar surface area (TPSA) is 49.3 Å². The van der Waals surface area contributed by atoms with Crippen molar-refractivity contribution in [2.24, 2.45) is 0 Å². The molecule has 20 heavy (non-hydrogen) atoms. The van der Waals surface area contributed by atoms with Gasteiger partial charge in [0, 0.05) is 18.5 Å². The van der Waals surface area contributed by atoms with E-state index in [1.54, 1.807) is 48.5 Å². The van der Waals surface area contributed by atoms with E-state index in [0.717, 1.165) is 5.56 Å². The van der Waals surface area contributed by atoms with Crippen LogP contribution in [0.1, 0.15) is 11.1 Å². The molecule has 0 aliphatic carbocycles. The first-order valence-electron chi connectivity index (χ1n) is 6.31. The summed E-state index contributed by atoms with van der Waals surface area (Å²) in [7, 11) is 1.51. The van der Waals surface area contributed by atoms with Crippen molar-refractivity contribution in [2.45, 2.75) is 12.0 Å². The monoisotopic (exact) mass is 289 g/mol. The Kier molecular flexibility index (Phi) is 4.42. The molecule has 1 atom stereocenters. The fourth-order valence-electron chi connectivity index (χ4n) is 2.13. The molecule has 104 valence electrons. The molecule has 1 amide bonds. The van der Waals surface area contributed by atoms with Crippen LogP contribution in [-0.4, -0.2) is 18.1 Å². The summed E-state index contributed by atoms with van der Waals surface area (Å²) >= 11 is 5.85. The van der Waals surface area contributed by atoms with Crippen LogP contribution >= 0.6 is 11.6 Å². The number of likely N-dealkylation sites (N-methyl/N-ethyl adjacent to an activating group) is 1. The molecular formula is C16H16ClNO2. The van der Waals surface area contributed by atoms with Crippen molar-refractivity contribution >= 4 is 17.5 Å². The van der Waals surface area contributed by atoms with Crippen LogP contribution in [0.5, 0.6) is 0 Å². The minimum Gasteiger partial charge on any atom is -0.375 e. The van der Waals surface area contributed by atoms with Crippen LogP contribution in [0.2, 0.25) is 5.02 Å². The Morgan fingerprint density at radius 1 is 1.15 bits per heavy atom. The van der Waals surface area contributed by atoms with Gasteiger partial charge in [-0.25, -0.2) is 0 Å². The summed E-state index contributed by atoms with van der Waals surface area (Å²) in [6.07, 6.45) is 0.188. The van der Waals surface area contributed by atoms with Crippen LogP contribution in [0.25, 0.3) is 0 Å². The zero-order chi connectivity index (χ0) is 14.6. The van der Waals surface area contributed by atoms with E-state index < -0.39 is 11.5 Å². The van der Waals surface area contributed by atoms with E-state index in [4.69, 9.17) is 11.6 Å². The number of hydrogen-bond acceptors (Lipinski definition) is 2. The molecule has 2 rings (SSSR count). The van der Waals surface area contributed by atoms with Gasteiger partial charge in [0.15, 0.2) is 5.60 Å². The summed E-state index contributed by atoms with van der Waals surface area (Å²) in [5.74, 6) is -0.432. The molecule has 0 radical (unpaired) electrons. The van der Waals surface area contributed by atoms with E-state index in [9.17, 15) is 9.90 Å². The molecule has 0 aromatic heterocycles. The Morgan fingerprint density at radius 3 is 2.30 bits per heavy atom. The molecule has 0 saturated carbocycles. The largest absolute Gasteiger partial charge is 0.375 e. The predicted octanol–water partition coefficient (Wildman–Crippen LogP) is 2.52. The molecule has 0 heterocycles. The molecule has 2 aromatic carbocycles. The molecule has 4 heteroatoms. The van der Waals surface area contributed by atoms with E-state index in [2.05, 4.69) is 5.32 Å². The number of halogens is 1. The maximum Gasteiger partial charge on any atom is 0.256 e. The smallest absolute Gasteiger partial charge is 0.256 e. The second-order valence-corrected chi connectivity index (χ2v) is 5.05. The number of nitrogens with one attached hydrogen (secondary N) is 1. The van der Waals surface area contributed by atoms with Gasteiger partial charge in [0.05, 0.1) is 0 Å². The first-order chi connectivity index (χ1) is 9.56. The van der Waals surface area contributed by atoms with Crippen LogP contribution in [0.4, 0.5) is 0 Å². The predicted molar refractivity (Wildman–Crippen MR) is 79.6 cm³/mol. The zero-order valence-electron chi connectivity index (χ0n) is 11.1. The minimum absolute atomic E-state index is 0.188. The van der Waals surface area contributed by atoms with Crippen molar-refractivity contribution in [3.63, 3.8) is 0 Å². The summed E-state index contributed by atoms with van der Waals surface area (Å²) in [4.78, 5) is 12.1. The van der Waals surface area contributed by atoms with Crippen molar-refractivity contribution in [1.29, 1.82) is 0 Å². The second kappa shape index (κ2) is 6.07. The average molecular weight is 290 g/mol. The van der Waals surface area contributed by atoms with Gasteiger partial charge >= 0.3 is 0 Å². The summed E-state index contributed by atoms with van der Waals surface area (Å²) < 4.78 is 0. The quantitative estimate of drug-likeness (QED) is 0.909. The van der Waals surface area contributed by atoms with Crippen molar-refractivity contribution in [2.75, 3.05) is 7.05 Å². The third kappa shape index (κ3) is 3.00. The van der Waals surface area contributed by atoms with E-state index in [1.807, 2.05) is 6.07 Å². The van der Waals surface area contributed by atoms with Crippen molar-refractivity contribution in [1.82, 2.24) is 5.32 Å². The van der Waals surface area contributed by atoms with Crippen LogP contribution in [0, 0.1) is 0 Å². The van der Waals surface area contributed by atoms with Gasteiger partial charge in [0.25, 0.3) is 5.91 Å². The van der Waals surface area contributed by atoms with Crippen LogP contribution in [0.3, 0.4) is 0 Å². The first kappa shape index (κ1) is 14.6. The second-order valence-electron chi connectivity index (χ2n) is 4.61. The van der Waals surface area contributed by atoms with Crippen LogP contribution in [-0.2, 0) is 16.8 Å². The SMILES string of the molecule is CNC(=O)C(O)(Cc1ccc(Cl)cc1)c1ccccc1. The van der Waals surface area contributed by atoms with Gasteiger partial charge in [-0.3, -0.25) is 4.79 Å². The maximum absolute atomic E-state index is 12.1. The molecule has 0 saturated heterocycles. The highest BCUT2D eigenvalue weighted by atomic mass is 35.5. The Morgan fingerprint density at radius 2 is 1.75 bits per heavy atom. The Labute approximate surface area is 123 Å². The lowest BCUT2D eigenvalue weighted by Gasteiger charge is -2.27. The van der Waals surface area contributed by atoms with Gasteiger partial charge in [0.2, 0.25) is 0 Å². The Balaban J connectivity index is 2.38. The molecule has 1 unspecified atom stereocenters. The molecule has 3 nitrogen and oxygen atoms in total. The van der Waals surface area contributed by atoms with E-state index >= 15 is 0 Å². The standard InChI is InChI=1S/C16H16ClNO2/c1-18-15(19)16(20,13-5-3-2-4-6-13)11-12-7-9-14(17)10-8-12/h2-10,20H,11H2,1H3,(H,18,19). The van der Waals surface area contributed by atoms with Crippen LogP contribution in [0.15, 0.2) is 54.6 Å². The third-order valence-corrected chi connectivity index (χ3v) is 3.48. The Bertz CT molecular complexity index is 583. The molecular weight excluding hydrogens is 274 g/mol. The number of carbonyl (C=O) groups is 1. The molecule has 0 bridgehead atoms. The summed E-state index contributed by atoms with van der Waals surface area (Å²) in [5.41, 5.74) is -0.192. The van der Waals surface area contributed by atoms with Crippen molar-refractivity contribution in [3.05, 3.63) is 70.7 Å². The van der Waals surface area contributed by atoms with Crippen molar-refractivity contribution in [3.8, 4) is 0 Å². The fraction of sp³-hybridized carbons (Fsp3) is 0.188. The number of amides is 1. The number of hydrogen-bond donors (Lipinski definition) is 2. The average Bonchev–Trinajstić information content (AvgIpc) is 2.49. The van der Waals surface area contributed by atoms with Crippen LogP contribution < -0.4 is 5.32 Å². The lowest BCUT2D eigenvalue weighted by molar-refractivity contribution is -0.140. The number of benzene rings is 2. The van der Waals surface area contributed by atoms with Crippen molar-refractivity contribution < 1.29 is 9.90 Å². The highest BCUT2D eigenvalue weighted by molar-refractivity contribution is 6.30. The molecule has 0 aliphatic rings. The summed E-state index contributed by atoms with van der Waals surface area (Å²) in [6.45, 7) is 0. The van der Waals surface area contributed by atoms with E-state index in [0.29, 0.717) is 10.6 Å². The normalized spacial score (nSPS) is 13.6. The first-order valence-corrected chi connectivity index (χ1v) is 6.68. The van der Waals surface area contributed by atoms with E-state index in [1.165, 1.54) is 7.05 Å². The van der Waals surface area contributed by atoms with Gasteiger partial charge in [0.1, 0.15) is 0 Å². The lowest BCUT2D eigenvalue weighted by Crippen LogP contribution is -2.44. The number of carbonyl (C=O) groups excluding carboxylic acids is 1. The van der Waals surface area contributed by atoms with Gasteiger partial charge in [-0.2, -0.15) is 0 Å².